The fourth-order valence-corrected chi connectivity index (χ4v) is 2.74. The molecular formula is C18H18ClN3O. The van der Waals surface area contributed by atoms with Crippen LogP contribution in [0.4, 0.5) is 5.69 Å². The van der Waals surface area contributed by atoms with Gasteiger partial charge in [0.1, 0.15) is 0 Å². The lowest BCUT2D eigenvalue weighted by Gasteiger charge is -2.16. The highest BCUT2D eigenvalue weighted by Crippen LogP contribution is 2.24. The summed E-state index contributed by atoms with van der Waals surface area (Å²) in [5.74, 6) is 0.527. The van der Waals surface area contributed by atoms with E-state index in [0.717, 1.165) is 16.8 Å². The summed E-state index contributed by atoms with van der Waals surface area (Å²) in [6.45, 7) is 5.34. The molecule has 1 aliphatic heterocycles. The highest BCUT2D eigenvalue weighted by Gasteiger charge is 2.26. The summed E-state index contributed by atoms with van der Waals surface area (Å²) in [7, 11) is 0. The summed E-state index contributed by atoms with van der Waals surface area (Å²) in [5.41, 5.74) is 3.69. The SMILES string of the molecule is Cc1cccc(C)c1N=C1NCCN1C(=O)c1ccc(Cl)cc1. The average molecular weight is 328 g/mol. The van der Waals surface area contributed by atoms with Crippen molar-refractivity contribution >= 4 is 29.2 Å². The first-order valence-corrected chi connectivity index (χ1v) is 7.90. The minimum Gasteiger partial charge on any atom is -0.354 e. The Morgan fingerprint density at radius 2 is 1.78 bits per heavy atom. The first-order chi connectivity index (χ1) is 11.1. The molecule has 1 amide bonds. The number of aryl methyl sites for hydroxylation is 2. The number of hydrogen-bond donors (Lipinski definition) is 1. The van der Waals surface area contributed by atoms with E-state index < -0.39 is 0 Å². The van der Waals surface area contributed by atoms with Gasteiger partial charge in [0.2, 0.25) is 5.96 Å². The zero-order valence-electron chi connectivity index (χ0n) is 13.1. The van der Waals surface area contributed by atoms with Crippen LogP contribution >= 0.6 is 11.6 Å². The molecule has 0 aliphatic carbocycles. The first kappa shape index (κ1) is 15.6. The van der Waals surface area contributed by atoms with Gasteiger partial charge < -0.3 is 5.32 Å². The molecule has 1 aliphatic rings. The van der Waals surface area contributed by atoms with Gasteiger partial charge in [-0.15, -0.1) is 0 Å². The third kappa shape index (κ3) is 3.22. The molecule has 3 rings (SSSR count). The normalized spacial score (nSPS) is 15.8. The number of rotatable bonds is 2. The lowest BCUT2D eigenvalue weighted by molar-refractivity contribution is 0.0859. The van der Waals surface area contributed by atoms with E-state index in [-0.39, 0.29) is 5.91 Å². The summed E-state index contributed by atoms with van der Waals surface area (Å²) in [6, 6.07) is 13.0. The Morgan fingerprint density at radius 3 is 2.43 bits per heavy atom. The molecule has 118 valence electrons. The predicted molar refractivity (Wildman–Crippen MR) is 93.5 cm³/mol. The molecule has 1 saturated heterocycles. The lowest BCUT2D eigenvalue weighted by atomic mass is 10.1. The number of nitrogens with zero attached hydrogens (tertiary/aromatic N) is 2. The van der Waals surface area contributed by atoms with E-state index in [4.69, 9.17) is 11.6 Å². The number of nitrogens with one attached hydrogen (secondary N) is 1. The molecule has 5 heteroatoms. The molecule has 0 bridgehead atoms. The molecule has 23 heavy (non-hydrogen) atoms. The Morgan fingerprint density at radius 1 is 1.13 bits per heavy atom. The van der Waals surface area contributed by atoms with E-state index in [1.54, 1.807) is 29.2 Å². The number of guanidine groups is 1. The van der Waals surface area contributed by atoms with E-state index in [0.29, 0.717) is 29.6 Å². The van der Waals surface area contributed by atoms with Gasteiger partial charge in [0.05, 0.1) is 5.69 Å². The van der Waals surface area contributed by atoms with Crippen LogP contribution in [-0.4, -0.2) is 29.9 Å². The van der Waals surface area contributed by atoms with E-state index in [1.807, 2.05) is 32.0 Å². The van der Waals surface area contributed by atoms with Crippen LogP contribution in [0.5, 0.6) is 0 Å². The minimum atomic E-state index is -0.0725. The third-order valence-corrected chi connectivity index (χ3v) is 4.12. The van der Waals surface area contributed by atoms with E-state index >= 15 is 0 Å². The molecule has 0 spiro atoms. The lowest BCUT2D eigenvalue weighted by Crippen LogP contribution is -2.35. The van der Waals surface area contributed by atoms with Crippen LogP contribution < -0.4 is 5.32 Å². The maximum atomic E-state index is 12.7. The highest BCUT2D eigenvalue weighted by molar-refractivity contribution is 6.30. The third-order valence-electron chi connectivity index (χ3n) is 3.87. The molecule has 0 radical (unpaired) electrons. The second-order valence-corrected chi connectivity index (χ2v) is 6.00. The first-order valence-electron chi connectivity index (χ1n) is 7.52. The fourth-order valence-electron chi connectivity index (χ4n) is 2.61. The van der Waals surface area contributed by atoms with Crippen LogP contribution in [0.15, 0.2) is 47.5 Å². The Labute approximate surface area is 140 Å². The van der Waals surface area contributed by atoms with Gasteiger partial charge >= 0.3 is 0 Å². The molecule has 2 aromatic carbocycles. The van der Waals surface area contributed by atoms with Crippen molar-refractivity contribution in [1.82, 2.24) is 10.2 Å². The summed E-state index contributed by atoms with van der Waals surface area (Å²) in [4.78, 5) is 19.1. The van der Waals surface area contributed by atoms with Crippen LogP contribution in [0, 0.1) is 13.8 Å². The molecule has 1 fully saturated rings. The minimum absolute atomic E-state index is 0.0725. The average Bonchev–Trinajstić information content (AvgIpc) is 2.99. The van der Waals surface area contributed by atoms with Crippen LogP contribution in [0.3, 0.4) is 0 Å². The molecule has 0 unspecified atom stereocenters. The second kappa shape index (κ2) is 6.42. The van der Waals surface area contributed by atoms with Gasteiger partial charge in [-0.3, -0.25) is 9.69 Å². The number of carbonyl (C=O) groups excluding carboxylic acids is 1. The fraction of sp³-hybridized carbons (Fsp3) is 0.222. The molecule has 0 aromatic heterocycles. The molecule has 2 aromatic rings. The molecule has 1 heterocycles. The topological polar surface area (TPSA) is 44.7 Å². The van der Waals surface area contributed by atoms with Crippen molar-refractivity contribution in [1.29, 1.82) is 0 Å². The number of benzene rings is 2. The summed E-state index contributed by atoms with van der Waals surface area (Å²) in [6.07, 6.45) is 0. The highest BCUT2D eigenvalue weighted by atomic mass is 35.5. The van der Waals surface area contributed by atoms with Gasteiger partial charge in [0, 0.05) is 23.7 Å². The van der Waals surface area contributed by atoms with Gasteiger partial charge in [-0.1, -0.05) is 29.8 Å². The number of para-hydroxylation sites is 1. The monoisotopic (exact) mass is 327 g/mol. The number of carbonyl (C=O) groups is 1. The maximum Gasteiger partial charge on any atom is 0.260 e. The van der Waals surface area contributed by atoms with Crippen molar-refractivity contribution < 1.29 is 4.79 Å². The van der Waals surface area contributed by atoms with Crippen molar-refractivity contribution in [3.63, 3.8) is 0 Å². The molecule has 1 N–H and O–H groups in total. The molecule has 0 atom stereocenters. The number of halogens is 1. The summed E-state index contributed by atoms with van der Waals surface area (Å²) in [5, 5.41) is 3.82. The predicted octanol–water partition coefficient (Wildman–Crippen LogP) is 3.69. The van der Waals surface area contributed by atoms with Gasteiger partial charge in [0.25, 0.3) is 5.91 Å². The van der Waals surface area contributed by atoms with E-state index in [9.17, 15) is 4.79 Å². The van der Waals surface area contributed by atoms with Crippen LogP contribution in [-0.2, 0) is 0 Å². The Bertz CT molecular complexity index is 748. The van der Waals surface area contributed by atoms with Crippen molar-refractivity contribution in [2.45, 2.75) is 13.8 Å². The van der Waals surface area contributed by atoms with E-state index in [2.05, 4.69) is 10.3 Å². The quantitative estimate of drug-likeness (QED) is 0.914. The van der Waals surface area contributed by atoms with Gasteiger partial charge in [-0.25, -0.2) is 4.99 Å². The molecule has 4 nitrogen and oxygen atoms in total. The Balaban J connectivity index is 1.92. The van der Waals surface area contributed by atoms with Crippen LogP contribution in [0.1, 0.15) is 21.5 Å². The standard InChI is InChI=1S/C18H18ClN3O/c1-12-4-3-5-13(2)16(12)21-18-20-10-11-22(18)17(23)14-6-8-15(19)9-7-14/h3-9H,10-11H2,1-2H3,(H,20,21). The van der Waals surface area contributed by atoms with Crippen molar-refractivity contribution in [2.75, 3.05) is 13.1 Å². The summed E-state index contributed by atoms with van der Waals surface area (Å²) >= 11 is 5.89. The smallest absolute Gasteiger partial charge is 0.260 e. The van der Waals surface area contributed by atoms with Crippen LogP contribution in [0.25, 0.3) is 0 Å². The van der Waals surface area contributed by atoms with Crippen molar-refractivity contribution in [3.05, 3.63) is 64.2 Å². The maximum absolute atomic E-state index is 12.7. The van der Waals surface area contributed by atoms with Gasteiger partial charge in [-0.2, -0.15) is 0 Å². The van der Waals surface area contributed by atoms with E-state index in [1.165, 1.54) is 0 Å². The van der Waals surface area contributed by atoms with Gasteiger partial charge in [-0.05, 0) is 49.2 Å². The zero-order chi connectivity index (χ0) is 16.4. The molecule has 0 saturated carbocycles. The van der Waals surface area contributed by atoms with Gasteiger partial charge in [0.15, 0.2) is 0 Å². The number of amides is 1. The second-order valence-electron chi connectivity index (χ2n) is 5.57. The zero-order valence-corrected chi connectivity index (χ0v) is 13.9. The Kier molecular flexibility index (Phi) is 4.35. The number of hydrogen-bond acceptors (Lipinski definition) is 2. The van der Waals surface area contributed by atoms with Crippen molar-refractivity contribution in [3.8, 4) is 0 Å². The largest absolute Gasteiger partial charge is 0.354 e. The number of aliphatic imine (C=N–C) groups is 1. The Hall–Kier alpha value is -2.33. The van der Waals surface area contributed by atoms with Crippen molar-refractivity contribution in [2.24, 2.45) is 4.99 Å². The summed E-state index contributed by atoms with van der Waals surface area (Å²) < 4.78 is 0. The molecular weight excluding hydrogens is 310 g/mol. The van der Waals surface area contributed by atoms with Crippen LogP contribution in [0.2, 0.25) is 5.02 Å².